The summed E-state index contributed by atoms with van der Waals surface area (Å²) in [7, 11) is 3.06. The molecule has 4 aliphatic carbocycles. The van der Waals surface area contributed by atoms with E-state index in [0.29, 0.717) is 31.6 Å². The van der Waals surface area contributed by atoms with Crippen molar-refractivity contribution in [3.05, 3.63) is 23.5 Å². The van der Waals surface area contributed by atoms with E-state index in [1.165, 1.54) is 17.2 Å². The average Bonchev–Trinajstić information content (AvgIpc) is 3.10. The molecule has 0 aromatic rings. The van der Waals surface area contributed by atoms with E-state index in [-0.39, 0.29) is 47.5 Å². The van der Waals surface area contributed by atoms with Gasteiger partial charge in [-0.15, -0.1) is 0 Å². The number of piperidine rings is 1. The van der Waals surface area contributed by atoms with Crippen LogP contribution in [0.5, 0.6) is 0 Å². The molecule has 3 saturated heterocycles. The van der Waals surface area contributed by atoms with Crippen molar-refractivity contribution in [3.8, 4) is 0 Å². The van der Waals surface area contributed by atoms with Crippen molar-refractivity contribution in [2.45, 2.75) is 120 Å². The normalized spacial score (nSPS) is 46.4. The summed E-state index contributed by atoms with van der Waals surface area (Å²) < 4.78 is 12.3. The van der Waals surface area contributed by atoms with Gasteiger partial charge in [0, 0.05) is 11.7 Å². The van der Waals surface area contributed by atoms with E-state index in [0.717, 1.165) is 50.6 Å². The van der Waals surface area contributed by atoms with Crippen LogP contribution in [0.2, 0.25) is 0 Å². The Bertz CT molecular complexity index is 1280. The van der Waals surface area contributed by atoms with Gasteiger partial charge in [-0.05, 0) is 81.4 Å². The minimum absolute atomic E-state index is 0.0210. The molecule has 3 heterocycles. The molecular weight excluding hydrogens is 657 g/mol. The molecule has 13 heteroatoms. The Hall–Kier alpha value is -1.00. The molecule has 1 spiro atoms. The fourth-order valence-corrected chi connectivity index (χ4v) is 12.2. The fraction of sp³-hybridized carbons (Fsp3) is 0.829. The van der Waals surface area contributed by atoms with Gasteiger partial charge in [0.05, 0.1) is 36.6 Å². The Morgan fingerprint density at radius 1 is 0.938 bits per heavy atom. The molecule has 268 valence electrons. The van der Waals surface area contributed by atoms with Crippen molar-refractivity contribution in [1.29, 1.82) is 0 Å². The van der Waals surface area contributed by atoms with Crippen molar-refractivity contribution in [2.24, 2.45) is 35.0 Å². The summed E-state index contributed by atoms with van der Waals surface area (Å²) in [6.45, 7) is 0.176. The van der Waals surface area contributed by atoms with Gasteiger partial charge in [0.15, 0.2) is 12.1 Å². The highest BCUT2D eigenvalue weighted by atomic mass is 33.1. The predicted octanol–water partition coefficient (Wildman–Crippen LogP) is 2.72. The van der Waals surface area contributed by atoms with E-state index in [4.69, 9.17) is 9.47 Å². The standard InChI is InChI=1S/C35H52N2O9S2/c38-16-25-30(41)35(44)11-9-19-10-12-36-27(13-19)37-18-48-47-17-34-23(14-21(15-26(34)39)20-5-2-1-3-6-20)29(40)22-7-4-8-24(28(22)31(34)42)45-33(46-25)32(35)43/h14-15,19-20,22-25,27-28,30,32-33,36-39,41,43-44H,1-13,16-18H2/t19?,22?,23-,24?,25-,27?,28?,30-,32+,33+,34+,35+/m1/s1. The fourth-order valence-electron chi connectivity index (χ4n) is 9.80. The number of nitrogens with one attached hydrogen (secondary N) is 2. The van der Waals surface area contributed by atoms with E-state index in [9.17, 15) is 30.3 Å². The Morgan fingerprint density at radius 3 is 2.54 bits per heavy atom. The number of ether oxygens (including phenoxy) is 2. The number of aliphatic hydroxyl groups is 5. The third-order valence-corrected chi connectivity index (χ3v) is 14.9. The Balaban J connectivity index is 1.25. The van der Waals surface area contributed by atoms with Gasteiger partial charge >= 0.3 is 0 Å². The minimum atomic E-state index is -2.01. The SMILES string of the molecule is O=C1C2CCCC3O[C@H]4O[C@H](CO)[C@@H](O)[C@@](O)(CCC5CCNC(C5)NCSSC[C@@]5(C(=O)C32)C(O)=CC(C2CCCCC2)=C[C@H]15)[C@H]4O. The molecule has 7 aliphatic rings. The highest BCUT2D eigenvalue weighted by molar-refractivity contribution is 8.76. The van der Waals surface area contributed by atoms with E-state index in [2.05, 4.69) is 10.6 Å². The first-order chi connectivity index (χ1) is 23.2. The van der Waals surface area contributed by atoms with Gasteiger partial charge in [0.1, 0.15) is 40.9 Å². The van der Waals surface area contributed by atoms with Crippen LogP contribution in [-0.2, 0) is 19.1 Å². The number of ketones is 2. The van der Waals surface area contributed by atoms with E-state index in [1.807, 2.05) is 6.08 Å². The molecule has 3 saturated carbocycles. The number of rotatable bonds is 2. The summed E-state index contributed by atoms with van der Waals surface area (Å²) in [5, 5.41) is 63.7. The van der Waals surface area contributed by atoms with Crippen molar-refractivity contribution >= 4 is 33.2 Å². The summed E-state index contributed by atoms with van der Waals surface area (Å²) in [4.78, 5) is 29.6. The second kappa shape index (κ2) is 14.6. The molecule has 6 bridgehead atoms. The van der Waals surface area contributed by atoms with Gasteiger partial charge in [-0.1, -0.05) is 53.3 Å². The number of aliphatic hydroxyl groups excluding tert-OH is 4. The van der Waals surface area contributed by atoms with Gasteiger partial charge in [-0.2, -0.15) is 0 Å². The first-order valence-electron chi connectivity index (χ1n) is 18.1. The van der Waals surface area contributed by atoms with Crippen LogP contribution in [0.4, 0.5) is 0 Å². The Morgan fingerprint density at radius 2 is 1.75 bits per heavy atom. The summed E-state index contributed by atoms with van der Waals surface area (Å²) in [5.74, 6) is -1.28. The number of Topliss-reactive ketones (excluding diaryl/α,β-unsaturated/α-hetero) is 2. The largest absolute Gasteiger partial charge is 0.511 e. The number of carbonyl (C=O) groups is 2. The third kappa shape index (κ3) is 6.26. The Labute approximate surface area is 290 Å². The van der Waals surface area contributed by atoms with Crippen LogP contribution < -0.4 is 10.6 Å². The number of allylic oxidation sites excluding steroid dienone is 4. The van der Waals surface area contributed by atoms with Gasteiger partial charge in [0.2, 0.25) is 0 Å². The maximum Gasteiger partial charge on any atom is 0.187 e. The van der Waals surface area contributed by atoms with Crippen LogP contribution in [0, 0.1) is 35.0 Å². The zero-order chi connectivity index (χ0) is 33.6. The van der Waals surface area contributed by atoms with Crippen molar-refractivity contribution in [2.75, 3.05) is 24.8 Å². The lowest BCUT2D eigenvalue weighted by atomic mass is 9.52. The van der Waals surface area contributed by atoms with Gasteiger partial charge in [-0.3, -0.25) is 14.9 Å². The van der Waals surface area contributed by atoms with Crippen LogP contribution in [0.15, 0.2) is 23.5 Å². The summed E-state index contributed by atoms with van der Waals surface area (Å²) in [5.41, 5.74) is -2.49. The van der Waals surface area contributed by atoms with Crippen molar-refractivity contribution < 1.29 is 44.6 Å². The van der Waals surface area contributed by atoms with Gasteiger partial charge in [-0.25, -0.2) is 0 Å². The molecule has 7 rings (SSSR count). The highest BCUT2D eigenvalue weighted by Gasteiger charge is 2.64. The summed E-state index contributed by atoms with van der Waals surface area (Å²) in [6.07, 6.45) is 6.38. The molecule has 48 heavy (non-hydrogen) atoms. The van der Waals surface area contributed by atoms with Crippen molar-refractivity contribution in [1.82, 2.24) is 10.6 Å². The maximum absolute atomic E-state index is 15.0. The smallest absolute Gasteiger partial charge is 0.187 e. The van der Waals surface area contributed by atoms with Crippen LogP contribution in [-0.4, -0.2) is 104 Å². The molecular formula is C35H52N2O9S2. The monoisotopic (exact) mass is 708 g/mol. The van der Waals surface area contributed by atoms with Gasteiger partial charge in [0.25, 0.3) is 0 Å². The van der Waals surface area contributed by atoms with E-state index in [1.54, 1.807) is 16.9 Å². The number of hydrogen-bond donors (Lipinski definition) is 7. The molecule has 12 atom stereocenters. The lowest BCUT2D eigenvalue weighted by molar-refractivity contribution is -0.346. The summed E-state index contributed by atoms with van der Waals surface area (Å²) >= 11 is 0. The second-order valence-electron chi connectivity index (χ2n) is 15.3. The number of hydrogen-bond acceptors (Lipinski definition) is 13. The van der Waals surface area contributed by atoms with E-state index < -0.39 is 66.1 Å². The molecule has 3 aliphatic heterocycles. The van der Waals surface area contributed by atoms with Gasteiger partial charge < -0.3 is 40.3 Å². The van der Waals surface area contributed by atoms with Crippen LogP contribution in [0.25, 0.3) is 0 Å². The van der Waals surface area contributed by atoms with Crippen LogP contribution >= 0.6 is 21.6 Å². The lowest BCUT2D eigenvalue weighted by Crippen LogP contribution is -2.68. The quantitative estimate of drug-likeness (QED) is 0.209. The molecule has 7 N–H and O–H groups in total. The predicted molar refractivity (Wildman–Crippen MR) is 182 cm³/mol. The molecule has 5 unspecified atom stereocenters. The molecule has 6 fully saturated rings. The number of fused-ring (bicyclic) bond motifs is 4. The molecule has 0 aromatic carbocycles. The Kier molecular flexibility index (Phi) is 10.7. The average molecular weight is 709 g/mol. The second-order valence-corrected chi connectivity index (χ2v) is 17.7. The highest BCUT2D eigenvalue weighted by Crippen LogP contribution is 2.56. The summed E-state index contributed by atoms with van der Waals surface area (Å²) in [6, 6.07) is 0. The lowest BCUT2D eigenvalue weighted by Gasteiger charge is -2.53. The first kappa shape index (κ1) is 35.4. The number of carbonyl (C=O) groups excluding carboxylic acids is 2. The van der Waals surface area contributed by atoms with Crippen LogP contribution in [0.1, 0.15) is 77.0 Å². The minimum Gasteiger partial charge on any atom is -0.511 e. The zero-order valence-corrected chi connectivity index (χ0v) is 29.1. The van der Waals surface area contributed by atoms with E-state index >= 15 is 4.79 Å². The zero-order valence-electron chi connectivity index (χ0n) is 27.5. The topological polar surface area (TPSA) is 178 Å². The molecule has 0 amide bonds. The molecule has 11 nitrogen and oxygen atoms in total. The van der Waals surface area contributed by atoms with Crippen LogP contribution in [0.3, 0.4) is 0 Å². The maximum atomic E-state index is 15.0. The third-order valence-electron chi connectivity index (χ3n) is 12.6. The molecule has 0 aromatic heterocycles. The van der Waals surface area contributed by atoms with Crippen molar-refractivity contribution in [3.63, 3.8) is 0 Å². The first-order valence-corrected chi connectivity index (χ1v) is 20.6. The molecule has 0 radical (unpaired) electrons.